The van der Waals surface area contributed by atoms with Gasteiger partial charge in [-0.25, -0.2) is 8.42 Å². The van der Waals surface area contributed by atoms with E-state index in [0.29, 0.717) is 24.3 Å². The molecule has 1 N–H and O–H groups in total. The smallest absolute Gasteiger partial charge is 0.154 e. The van der Waals surface area contributed by atoms with E-state index in [4.69, 9.17) is 0 Å². The molecule has 2 saturated carbocycles. The Bertz CT molecular complexity index is 347. The van der Waals surface area contributed by atoms with Gasteiger partial charge in [0.1, 0.15) is 0 Å². The van der Waals surface area contributed by atoms with Crippen molar-refractivity contribution < 1.29 is 8.42 Å². The zero-order valence-corrected chi connectivity index (χ0v) is 12.3. The average Bonchev–Trinajstić information content (AvgIpc) is 2.86. The molecule has 0 aromatic carbocycles. The van der Waals surface area contributed by atoms with E-state index in [1.165, 1.54) is 25.7 Å². The molecule has 2 fully saturated rings. The summed E-state index contributed by atoms with van der Waals surface area (Å²) in [5.41, 5.74) is 0. The first-order chi connectivity index (χ1) is 8.59. The van der Waals surface area contributed by atoms with Crippen molar-refractivity contribution in [3.05, 3.63) is 0 Å². The minimum Gasteiger partial charge on any atom is -0.313 e. The minimum atomic E-state index is -2.84. The quantitative estimate of drug-likeness (QED) is 0.837. The molecule has 2 unspecified atom stereocenters. The lowest BCUT2D eigenvalue weighted by molar-refractivity contribution is 0.285. The molecule has 0 saturated heterocycles. The molecular weight excluding hydrogens is 246 g/mol. The topological polar surface area (TPSA) is 46.2 Å². The standard InChI is InChI=1S/C14H27NO2S/c1-12-6-2-5-9-14(12)15-10-11-18(16,17)13-7-3-4-8-13/h12-15H,2-11H2,1H3. The zero-order valence-electron chi connectivity index (χ0n) is 11.5. The second-order valence-corrected chi connectivity index (χ2v) is 8.50. The Morgan fingerprint density at radius 3 is 2.28 bits per heavy atom. The number of nitrogens with one attached hydrogen (secondary N) is 1. The van der Waals surface area contributed by atoms with Crippen LogP contribution in [0.4, 0.5) is 0 Å². The van der Waals surface area contributed by atoms with E-state index in [0.717, 1.165) is 25.7 Å². The highest BCUT2D eigenvalue weighted by atomic mass is 32.2. The van der Waals surface area contributed by atoms with Gasteiger partial charge in [0.2, 0.25) is 0 Å². The van der Waals surface area contributed by atoms with E-state index in [9.17, 15) is 8.42 Å². The fourth-order valence-corrected chi connectivity index (χ4v) is 5.21. The van der Waals surface area contributed by atoms with Crippen molar-refractivity contribution in [3.8, 4) is 0 Å². The van der Waals surface area contributed by atoms with Crippen LogP contribution in [-0.2, 0) is 9.84 Å². The van der Waals surface area contributed by atoms with Crippen molar-refractivity contribution in [2.45, 2.75) is 69.6 Å². The molecule has 18 heavy (non-hydrogen) atoms. The van der Waals surface area contributed by atoms with Crippen molar-refractivity contribution in [3.63, 3.8) is 0 Å². The van der Waals surface area contributed by atoms with E-state index in [2.05, 4.69) is 12.2 Å². The summed E-state index contributed by atoms with van der Waals surface area (Å²) < 4.78 is 24.2. The lowest BCUT2D eigenvalue weighted by atomic mass is 9.86. The molecule has 0 spiro atoms. The van der Waals surface area contributed by atoms with Crippen LogP contribution in [0.15, 0.2) is 0 Å². The molecule has 2 aliphatic carbocycles. The van der Waals surface area contributed by atoms with Crippen molar-refractivity contribution in [1.29, 1.82) is 0 Å². The molecule has 0 bridgehead atoms. The van der Waals surface area contributed by atoms with Crippen LogP contribution in [-0.4, -0.2) is 32.0 Å². The SMILES string of the molecule is CC1CCCCC1NCCS(=O)(=O)C1CCCC1. The maximum absolute atomic E-state index is 12.1. The van der Waals surface area contributed by atoms with Crippen molar-refractivity contribution in [1.82, 2.24) is 5.32 Å². The summed E-state index contributed by atoms with van der Waals surface area (Å²) in [6.45, 7) is 2.93. The predicted molar refractivity (Wildman–Crippen MR) is 75.5 cm³/mol. The monoisotopic (exact) mass is 273 g/mol. The summed E-state index contributed by atoms with van der Waals surface area (Å²) in [5.74, 6) is 1.04. The molecule has 3 nitrogen and oxygen atoms in total. The van der Waals surface area contributed by atoms with Crippen LogP contribution in [0.25, 0.3) is 0 Å². The lowest BCUT2D eigenvalue weighted by Crippen LogP contribution is -2.40. The average molecular weight is 273 g/mol. The van der Waals surface area contributed by atoms with Crippen LogP contribution in [0.1, 0.15) is 58.3 Å². The molecule has 0 aliphatic heterocycles. The molecule has 4 heteroatoms. The Kier molecular flexibility index (Phi) is 5.07. The first kappa shape index (κ1) is 14.3. The summed E-state index contributed by atoms with van der Waals surface area (Å²) in [5, 5.41) is 3.43. The third-order valence-corrected chi connectivity index (χ3v) is 6.97. The highest BCUT2D eigenvalue weighted by Gasteiger charge is 2.28. The van der Waals surface area contributed by atoms with E-state index in [1.54, 1.807) is 0 Å². The van der Waals surface area contributed by atoms with Gasteiger partial charge < -0.3 is 5.32 Å². The summed E-state index contributed by atoms with van der Waals surface area (Å²) >= 11 is 0. The third kappa shape index (κ3) is 3.70. The molecule has 106 valence electrons. The fourth-order valence-electron chi connectivity index (χ4n) is 3.42. The lowest BCUT2D eigenvalue weighted by Gasteiger charge is -2.29. The van der Waals surface area contributed by atoms with Crippen LogP contribution in [0.3, 0.4) is 0 Å². The zero-order chi connectivity index (χ0) is 13.0. The van der Waals surface area contributed by atoms with Gasteiger partial charge in [0.05, 0.1) is 11.0 Å². The number of sulfone groups is 1. The highest BCUT2D eigenvalue weighted by Crippen LogP contribution is 2.26. The molecule has 0 aromatic rings. The van der Waals surface area contributed by atoms with Crippen molar-refractivity contribution in [2.75, 3.05) is 12.3 Å². The molecule has 0 radical (unpaired) electrons. The number of rotatable bonds is 5. The third-order valence-electron chi connectivity index (χ3n) is 4.71. The maximum atomic E-state index is 12.1. The fraction of sp³-hybridized carbons (Fsp3) is 1.00. The summed E-state index contributed by atoms with van der Waals surface area (Å²) in [4.78, 5) is 0. The van der Waals surface area contributed by atoms with E-state index >= 15 is 0 Å². The Morgan fingerprint density at radius 2 is 1.61 bits per heavy atom. The van der Waals surface area contributed by atoms with Gasteiger partial charge in [-0.15, -0.1) is 0 Å². The molecular formula is C14H27NO2S. The van der Waals surface area contributed by atoms with Gasteiger partial charge in [0.25, 0.3) is 0 Å². The van der Waals surface area contributed by atoms with Gasteiger partial charge in [-0.05, 0) is 31.6 Å². The van der Waals surface area contributed by atoms with Crippen LogP contribution in [0, 0.1) is 5.92 Å². The Balaban J connectivity index is 1.74. The Labute approximate surface area is 112 Å². The summed E-state index contributed by atoms with van der Waals surface area (Å²) in [6, 6.07) is 0.539. The number of hydrogen-bond acceptors (Lipinski definition) is 3. The largest absolute Gasteiger partial charge is 0.313 e. The molecule has 2 atom stereocenters. The minimum absolute atomic E-state index is 0.0388. The Hall–Kier alpha value is -0.0900. The summed E-state index contributed by atoms with van der Waals surface area (Å²) in [6.07, 6.45) is 9.09. The van der Waals surface area contributed by atoms with Gasteiger partial charge in [-0.3, -0.25) is 0 Å². The van der Waals surface area contributed by atoms with E-state index in [1.807, 2.05) is 0 Å². The molecule has 0 heterocycles. The highest BCUT2D eigenvalue weighted by molar-refractivity contribution is 7.92. The van der Waals surface area contributed by atoms with E-state index < -0.39 is 9.84 Å². The van der Waals surface area contributed by atoms with Crippen molar-refractivity contribution in [2.24, 2.45) is 5.92 Å². The number of hydrogen-bond donors (Lipinski definition) is 1. The van der Waals surface area contributed by atoms with Crippen molar-refractivity contribution >= 4 is 9.84 Å². The van der Waals surface area contributed by atoms with Gasteiger partial charge in [0, 0.05) is 12.6 Å². The molecule has 2 aliphatic rings. The van der Waals surface area contributed by atoms with Crippen LogP contribution in [0.5, 0.6) is 0 Å². The van der Waals surface area contributed by atoms with Crippen LogP contribution < -0.4 is 5.32 Å². The second-order valence-electron chi connectivity index (χ2n) is 6.10. The van der Waals surface area contributed by atoms with Gasteiger partial charge in [-0.1, -0.05) is 32.6 Å². The van der Waals surface area contributed by atoms with Crippen LogP contribution >= 0.6 is 0 Å². The molecule has 2 rings (SSSR count). The van der Waals surface area contributed by atoms with Gasteiger partial charge >= 0.3 is 0 Å². The van der Waals surface area contributed by atoms with Crippen LogP contribution in [0.2, 0.25) is 0 Å². The van der Waals surface area contributed by atoms with Gasteiger partial charge in [0.15, 0.2) is 9.84 Å². The van der Waals surface area contributed by atoms with Gasteiger partial charge in [-0.2, -0.15) is 0 Å². The first-order valence-corrected chi connectivity index (χ1v) is 9.26. The first-order valence-electron chi connectivity index (χ1n) is 7.54. The summed E-state index contributed by atoms with van der Waals surface area (Å²) in [7, 11) is -2.84. The predicted octanol–water partition coefficient (Wildman–Crippen LogP) is 2.51. The maximum Gasteiger partial charge on any atom is 0.154 e. The second kappa shape index (κ2) is 6.38. The molecule has 0 amide bonds. The Morgan fingerprint density at radius 1 is 1.00 bits per heavy atom. The molecule has 0 aromatic heterocycles. The normalized spacial score (nSPS) is 30.7. The van der Waals surface area contributed by atoms with E-state index in [-0.39, 0.29) is 5.25 Å².